The van der Waals surface area contributed by atoms with E-state index in [-0.39, 0.29) is 29.1 Å². The van der Waals surface area contributed by atoms with Crippen LogP contribution in [0.15, 0.2) is 17.5 Å². The molecule has 27 heavy (non-hydrogen) atoms. The lowest BCUT2D eigenvalue weighted by atomic mass is 9.67. The van der Waals surface area contributed by atoms with Crippen LogP contribution >= 0.6 is 0 Å². The molecule has 2 fully saturated rings. The molecule has 0 saturated heterocycles. The molecule has 2 bridgehead atoms. The molecule has 2 saturated carbocycles. The number of nitrogens with one attached hydrogen (secondary N) is 3. The van der Waals surface area contributed by atoms with E-state index in [1.807, 2.05) is 0 Å². The number of aromatic nitrogens is 1. The Labute approximate surface area is 154 Å². The van der Waals surface area contributed by atoms with Gasteiger partial charge in [0.25, 0.3) is 0 Å². The molecule has 0 radical (unpaired) electrons. The number of alkyl halides is 3. The Morgan fingerprint density at radius 1 is 1.26 bits per heavy atom. The van der Waals surface area contributed by atoms with E-state index in [9.17, 15) is 13.2 Å². The zero-order valence-corrected chi connectivity index (χ0v) is 14.5. The third-order valence-electron chi connectivity index (χ3n) is 6.45. The van der Waals surface area contributed by atoms with Crippen molar-refractivity contribution in [3.05, 3.63) is 28.6 Å². The van der Waals surface area contributed by atoms with Crippen molar-refractivity contribution >= 4 is 23.9 Å². The number of fused-ring (bicyclic) bond motifs is 7. The molecule has 1 unspecified atom stereocenters. The van der Waals surface area contributed by atoms with Crippen LogP contribution in [0.3, 0.4) is 0 Å². The van der Waals surface area contributed by atoms with Crippen molar-refractivity contribution in [1.82, 2.24) is 4.98 Å². The average Bonchev–Trinajstić information content (AvgIpc) is 3.23. The molecule has 6 nitrogen and oxygen atoms in total. The molecule has 0 amide bonds. The molecule has 1 aromatic heterocycles. The fourth-order valence-electron chi connectivity index (χ4n) is 5.47. The third-order valence-corrected chi connectivity index (χ3v) is 6.45. The minimum atomic E-state index is -4.69. The number of halogens is 3. The first-order valence-corrected chi connectivity index (χ1v) is 8.90. The van der Waals surface area contributed by atoms with Crippen molar-refractivity contribution in [2.75, 3.05) is 11.1 Å². The number of nitrogen functional groups attached to an aromatic ring is 1. The Morgan fingerprint density at radius 3 is 2.59 bits per heavy atom. The molecule has 1 aliphatic heterocycles. The van der Waals surface area contributed by atoms with Crippen LogP contribution in [0.5, 0.6) is 0 Å². The first-order valence-electron chi connectivity index (χ1n) is 8.90. The van der Waals surface area contributed by atoms with Gasteiger partial charge in [-0.1, -0.05) is 0 Å². The number of nitrogens with zero attached hydrogens (tertiary/aromatic N) is 1. The first-order chi connectivity index (χ1) is 12.8. The second-order valence-corrected chi connectivity index (χ2v) is 7.60. The van der Waals surface area contributed by atoms with Crippen molar-refractivity contribution in [2.45, 2.75) is 37.4 Å². The quantitative estimate of drug-likeness (QED) is 0.519. The van der Waals surface area contributed by atoms with Crippen molar-refractivity contribution in [3.8, 4) is 0 Å². The van der Waals surface area contributed by atoms with Gasteiger partial charge < -0.3 is 27.6 Å². The molecule has 0 spiro atoms. The van der Waals surface area contributed by atoms with E-state index < -0.39 is 17.9 Å². The second kappa shape index (κ2) is 5.97. The molecule has 3 aliphatic rings. The van der Waals surface area contributed by atoms with Gasteiger partial charge in [0.05, 0.1) is 17.9 Å². The number of nitrogens with two attached hydrogens (primary N) is 2. The Balaban J connectivity index is 1.90. The standard InChI is InChI=1S/C18H21F3N6/c19-18(20,21)16(24)10(5-23)15-13-8-2-1-7(3-8)12(13)14-9(4-22)17(25)26-6-11(14)27-15/h4-8,12-13,15,22-23,27H,1-3,24H2,(H2,25,26)/t7-,8-,12+,13-,15?/m1/s1. The van der Waals surface area contributed by atoms with E-state index in [4.69, 9.17) is 22.3 Å². The van der Waals surface area contributed by atoms with Crippen LogP contribution in [-0.4, -0.2) is 29.6 Å². The van der Waals surface area contributed by atoms with Gasteiger partial charge in [-0.2, -0.15) is 13.2 Å². The molecule has 2 heterocycles. The fraction of sp³-hybridized carbons (Fsp3) is 0.500. The van der Waals surface area contributed by atoms with E-state index in [0.717, 1.165) is 31.0 Å². The van der Waals surface area contributed by atoms with Crippen LogP contribution in [0, 0.1) is 28.6 Å². The summed E-state index contributed by atoms with van der Waals surface area (Å²) in [5.74, 6) is 0.720. The monoisotopic (exact) mass is 378 g/mol. The molecule has 4 rings (SSSR count). The molecular formula is C18H21F3N6. The summed E-state index contributed by atoms with van der Waals surface area (Å²) < 4.78 is 39.8. The van der Waals surface area contributed by atoms with Gasteiger partial charge in [-0.15, -0.1) is 0 Å². The smallest absolute Gasteiger partial charge is 0.394 e. The van der Waals surface area contributed by atoms with Crippen LogP contribution in [0.1, 0.15) is 36.3 Å². The van der Waals surface area contributed by atoms with Crippen LogP contribution in [0.4, 0.5) is 24.7 Å². The molecule has 9 heteroatoms. The summed E-state index contributed by atoms with van der Waals surface area (Å²) in [6, 6.07) is -0.707. The lowest BCUT2D eigenvalue weighted by Gasteiger charge is -2.44. The van der Waals surface area contributed by atoms with Crippen molar-refractivity contribution < 1.29 is 13.2 Å². The Hall–Kier alpha value is -2.58. The Kier molecular flexibility index (Phi) is 3.94. The summed E-state index contributed by atoms with van der Waals surface area (Å²) in [4.78, 5) is 4.09. The molecule has 2 aliphatic carbocycles. The predicted molar refractivity (Wildman–Crippen MR) is 97.1 cm³/mol. The summed E-state index contributed by atoms with van der Waals surface area (Å²) in [5.41, 5.74) is 11.9. The van der Waals surface area contributed by atoms with Gasteiger partial charge >= 0.3 is 6.18 Å². The average molecular weight is 378 g/mol. The summed E-state index contributed by atoms with van der Waals surface area (Å²) >= 11 is 0. The number of rotatable bonds is 3. The molecule has 5 atom stereocenters. The third kappa shape index (κ3) is 2.51. The largest absolute Gasteiger partial charge is 0.431 e. The second-order valence-electron chi connectivity index (χ2n) is 7.60. The fourth-order valence-corrected chi connectivity index (χ4v) is 5.47. The highest BCUT2D eigenvalue weighted by Gasteiger charge is 2.55. The highest BCUT2D eigenvalue weighted by Crippen LogP contribution is 2.62. The topological polar surface area (TPSA) is 125 Å². The van der Waals surface area contributed by atoms with Crippen LogP contribution < -0.4 is 16.8 Å². The number of hydrogen-bond acceptors (Lipinski definition) is 6. The van der Waals surface area contributed by atoms with Gasteiger partial charge in [0.2, 0.25) is 0 Å². The van der Waals surface area contributed by atoms with Crippen molar-refractivity contribution in [2.24, 2.45) is 23.5 Å². The molecule has 0 aromatic carbocycles. The van der Waals surface area contributed by atoms with Crippen molar-refractivity contribution in [1.29, 1.82) is 10.8 Å². The van der Waals surface area contributed by atoms with Gasteiger partial charge in [-0.05, 0) is 48.5 Å². The first kappa shape index (κ1) is 17.8. The predicted octanol–water partition coefficient (Wildman–Crippen LogP) is 3.01. The van der Waals surface area contributed by atoms with E-state index in [1.165, 1.54) is 12.4 Å². The summed E-state index contributed by atoms with van der Waals surface area (Å²) in [6.45, 7) is 0. The summed E-state index contributed by atoms with van der Waals surface area (Å²) in [5, 5.41) is 18.5. The van der Waals surface area contributed by atoms with Crippen molar-refractivity contribution in [3.63, 3.8) is 0 Å². The molecular weight excluding hydrogens is 357 g/mol. The maximum atomic E-state index is 13.3. The SMILES string of the molecule is N=CC(=C(N)C(F)(F)F)C1Nc2cnc(N)c(C=N)c2[C@H]2[C@@H]3CC[C@H](C3)[C@@H]12. The zero-order valence-electron chi connectivity index (χ0n) is 14.5. The van der Waals surface area contributed by atoms with Gasteiger partial charge in [0.1, 0.15) is 11.5 Å². The number of hydrogen-bond donors (Lipinski definition) is 5. The molecule has 7 N–H and O–H groups in total. The van der Waals surface area contributed by atoms with E-state index in [0.29, 0.717) is 17.2 Å². The van der Waals surface area contributed by atoms with Gasteiger partial charge in [-0.25, -0.2) is 4.98 Å². The van der Waals surface area contributed by atoms with Gasteiger partial charge in [-0.3, -0.25) is 0 Å². The van der Waals surface area contributed by atoms with Crippen LogP contribution in [-0.2, 0) is 0 Å². The zero-order chi connectivity index (χ0) is 19.5. The summed E-state index contributed by atoms with van der Waals surface area (Å²) in [7, 11) is 0. The molecule has 1 aromatic rings. The Morgan fingerprint density at radius 2 is 1.96 bits per heavy atom. The normalized spacial score (nSPS) is 32.2. The number of anilines is 2. The van der Waals surface area contributed by atoms with Crippen LogP contribution in [0.25, 0.3) is 0 Å². The van der Waals surface area contributed by atoms with E-state index in [2.05, 4.69) is 10.3 Å². The highest BCUT2D eigenvalue weighted by molar-refractivity contribution is 5.90. The lowest BCUT2D eigenvalue weighted by molar-refractivity contribution is -0.0935. The Bertz CT molecular complexity index is 846. The van der Waals surface area contributed by atoms with E-state index >= 15 is 0 Å². The van der Waals surface area contributed by atoms with Gasteiger partial charge in [0.15, 0.2) is 0 Å². The maximum absolute atomic E-state index is 13.3. The molecule has 144 valence electrons. The lowest BCUT2D eigenvalue weighted by Crippen LogP contribution is -2.45. The van der Waals surface area contributed by atoms with E-state index in [1.54, 1.807) is 0 Å². The van der Waals surface area contributed by atoms with Crippen LogP contribution in [0.2, 0.25) is 0 Å². The highest BCUT2D eigenvalue weighted by atomic mass is 19.4. The number of allylic oxidation sites excluding steroid dienone is 1. The van der Waals surface area contributed by atoms with Gasteiger partial charge in [0, 0.05) is 23.6 Å². The number of pyridine rings is 1. The maximum Gasteiger partial charge on any atom is 0.431 e. The summed E-state index contributed by atoms with van der Waals surface area (Å²) in [6.07, 6.45) is 1.61. The minimum Gasteiger partial charge on any atom is -0.394 e. The minimum absolute atomic E-state index is 0.0112.